The Morgan fingerprint density at radius 1 is 1.29 bits per heavy atom. The maximum absolute atomic E-state index is 4.77. The molecule has 0 radical (unpaired) electrons. The number of hydrogen-bond donors (Lipinski definition) is 1. The van der Waals surface area contributed by atoms with Gasteiger partial charge in [-0.3, -0.25) is 4.68 Å². The lowest BCUT2D eigenvalue weighted by Crippen LogP contribution is -2.43. The normalized spacial score (nSPS) is 15.3. The lowest BCUT2D eigenvalue weighted by atomic mass is 10.00. The molecule has 0 saturated heterocycles. The molecule has 3 rings (SSSR count). The molecule has 1 aromatic carbocycles. The summed E-state index contributed by atoms with van der Waals surface area (Å²) in [6.45, 7) is 5.51. The minimum absolute atomic E-state index is 0.655. The molecule has 2 aromatic rings. The largest absolute Gasteiger partial charge is 0.356 e. The van der Waals surface area contributed by atoms with Gasteiger partial charge in [0.15, 0.2) is 5.96 Å². The molecule has 0 aliphatic carbocycles. The average molecular weight is 323 g/mol. The van der Waals surface area contributed by atoms with E-state index in [0.29, 0.717) is 6.54 Å². The molecule has 0 fully saturated rings. The third-order valence-corrected chi connectivity index (χ3v) is 4.16. The van der Waals surface area contributed by atoms with E-state index in [1.807, 2.05) is 24.1 Å². The van der Waals surface area contributed by atoms with Crippen molar-refractivity contribution in [3.63, 3.8) is 0 Å². The molecule has 0 spiro atoms. The van der Waals surface area contributed by atoms with Crippen molar-refractivity contribution < 1.29 is 0 Å². The van der Waals surface area contributed by atoms with Crippen molar-refractivity contribution in [1.82, 2.24) is 20.0 Å². The van der Waals surface area contributed by atoms with Crippen molar-refractivity contribution in [2.45, 2.75) is 19.9 Å². The van der Waals surface area contributed by atoms with E-state index in [4.69, 9.17) is 4.99 Å². The van der Waals surface area contributed by atoms with Crippen molar-refractivity contribution >= 4 is 11.5 Å². The van der Waals surface area contributed by atoms with Crippen LogP contribution in [0.2, 0.25) is 0 Å². The van der Waals surface area contributed by atoms with Gasteiger partial charge in [0.05, 0.1) is 12.7 Å². The van der Waals surface area contributed by atoms with Gasteiger partial charge in [-0.1, -0.05) is 36.4 Å². The van der Waals surface area contributed by atoms with Crippen LogP contribution in [0.5, 0.6) is 0 Å². The van der Waals surface area contributed by atoms with E-state index in [-0.39, 0.29) is 0 Å². The van der Waals surface area contributed by atoms with E-state index in [2.05, 4.69) is 58.6 Å². The average Bonchev–Trinajstić information content (AvgIpc) is 3.05. The van der Waals surface area contributed by atoms with Crippen LogP contribution in [-0.4, -0.2) is 40.3 Å². The predicted molar refractivity (Wildman–Crippen MR) is 98.6 cm³/mol. The number of guanidine groups is 1. The highest BCUT2D eigenvalue weighted by Gasteiger charge is 2.16. The number of aryl methyl sites for hydroxylation is 1. The molecule has 1 N–H and O–H groups in total. The van der Waals surface area contributed by atoms with E-state index in [1.54, 1.807) is 0 Å². The molecule has 1 aromatic heterocycles. The van der Waals surface area contributed by atoms with Gasteiger partial charge in [-0.05, 0) is 24.5 Å². The lowest BCUT2D eigenvalue weighted by Gasteiger charge is -2.29. The van der Waals surface area contributed by atoms with E-state index in [9.17, 15) is 0 Å². The maximum atomic E-state index is 4.77. The molecule has 0 amide bonds. The van der Waals surface area contributed by atoms with Crippen molar-refractivity contribution in [2.75, 3.05) is 19.6 Å². The fraction of sp³-hybridized carbons (Fsp3) is 0.368. The monoisotopic (exact) mass is 323 g/mol. The summed E-state index contributed by atoms with van der Waals surface area (Å²) >= 11 is 0. The molecule has 1 aliphatic rings. The zero-order valence-corrected chi connectivity index (χ0v) is 14.4. The van der Waals surface area contributed by atoms with Gasteiger partial charge >= 0.3 is 0 Å². The first-order valence-corrected chi connectivity index (χ1v) is 8.51. The topological polar surface area (TPSA) is 45.5 Å². The van der Waals surface area contributed by atoms with Crippen LogP contribution >= 0.6 is 0 Å². The number of benzene rings is 1. The van der Waals surface area contributed by atoms with Gasteiger partial charge in [-0.2, -0.15) is 5.10 Å². The zero-order valence-electron chi connectivity index (χ0n) is 14.4. The van der Waals surface area contributed by atoms with Crippen LogP contribution in [-0.2, 0) is 13.6 Å². The molecule has 5 heteroatoms. The minimum Gasteiger partial charge on any atom is -0.356 e. The molecule has 0 atom stereocenters. The summed E-state index contributed by atoms with van der Waals surface area (Å²) in [5.74, 6) is 0.977. The standard InChI is InChI=1S/C19H25N5/c1-3-20-19(21-13-16-14-22-23(2)15-16)24-11-9-18(10-12-24)17-7-5-4-6-8-17/h4-9,14-15H,3,10-13H2,1-2H3,(H,20,21). The van der Waals surface area contributed by atoms with Gasteiger partial charge < -0.3 is 10.2 Å². The second kappa shape index (κ2) is 7.81. The van der Waals surface area contributed by atoms with E-state index in [1.165, 1.54) is 11.1 Å². The first kappa shape index (κ1) is 16.3. The van der Waals surface area contributed by atoms with Gasteiger partial charge in [0.2, 0.25) is 0 Å². The third-order valence-electron chi connectivity index (χ3n) is 4.16. The van der Waals surface area contributed by atoms with Crippen LogP contribution in [0.3, 0.4) is 0 Å². The Balaban J connectivity index is 1.68. The highest BCUT2D eigenvalue weighted by Crippen LogP contribution is 2.22. The molecule has 5 nitrogen and oxygen atoms in total. The summed E-state index contributed by atoms with van der Waals surface area (Å²) in [4.78, 5) is 7.08. The zero-order chi connectivity index (χ0) is 16.8. The van der Waals surface area contributed by atoms with Crippen molar-refractivity contribution in [3.8, 4) is 0 Å². The Kier molecular flexibility index (Phi) is 5.31. The van der Waals surface area contributed by atoms with Gasteiger partial charge in [0.25, 0.3) is 0 Å². The van der Waals surface area contributed by atoms with Gasteiger partial charge in [0, 0.05) is 38.4 Å². The molecule has 0 bridgehead atoms. The number of aliphatic imine (C=N–C) groups is 1. The number of nitrogens with zero attached hydrogens (tertiary/aromatic N) is 4. The molecule has 126 valence electrons. The Labute approximate surface area is 143 Å². The molecule has 1 aliphatic heterocycles. The van der Waals surface area contributed by atoms with Crippen LogP contribution < -0.4 is 5.32 Å². The SMILES string of the molecule is CCNC(=NCc1cnn(C)c1)N1CC=C(c2ccccc2)CC1. The summed E-state index contributed by atoms with van der Waals surface area (Å²) in [5.41, 5.74) is 3.88. The van der Waals surface area contributed by atoms with Gasteiger partial charge in [0.1, 0.15) is 0 Å². The molecule has 0 unspecified atom stereocenters. The highest BCUT2D eigenvalue weighted by molar-refractivity contribution is 5.81. The summed E-state index contributed by atoms with van der Waals surface area (Å²) in [7, 11) is 1.93. The Morgan fingerprint density at radius 2 is 2.12 bits per heavy atom. The Morgan fingerprint density at radius 3 is 2.75 bits per heavy atom. The lowest BCUT2D eigenvalue weighted by molar-refractivity contribution is 0.440. The molecular formula is C19H25N5. The molecule has 0 saturated carbocycles. The molecular weight excluding hydrogens is 298 g/mol. The van der Waals surface area contributed by atoms with Gasteiger partial charge in [-0.15, -0.1) is 0 Å². The number of rotatable bonds is 4. The van der Waals surface area contributed by atoms with Crippen LogP contribution in [0.4, 0.5) is 0 Å². The van der Waals surface area contributed by atoms with Crippen LogP contribution in [0.15, 0.2) is 53.8 Å². The molecule has 2 heterocycles. The van der Waals surface area contributed by atoms with E-state index in [0.717, 1.165) is 37.6 Å². The molecule has 24 heavy (non-hydrogen) atoms. The number of nitrogens with one attached hydrogen (secondary N) is 1. The fourth-order valence-electron chi connectivity index (χ4n) is 2.92. The van der Waals surface area contributed by atoms with Crippen molar-refractivity contribution in [1.29, 1.82) is 0 Å². The maximum Gasteiger partial charge on any atom is 0.194 e. The van der Waals surface area contributed by atoms with Crippen LogP contribution in [0.25, 0.3) is 5.57 Å². The first-order chi connectivity index (χ1) is 11.8. The quantitative estimate of drug-likeness (QED) is 0.695. The van der Waals surface area contributed by atoms with Gasteiger partial charge in [-0.25, -0.2) is 4.99 Å². The van der Waals surface area contributed by atoms with E-state index >= 15 is 0 Å². The number of aromatic nitrogens is 2. The van der Waals surface area contributed by atoms with Crippen molar-refractivity contribution in [3.05, 3.63) is 59.9 Å². The van der Waals surface area contributed by atoms with E-state index < -0.39 is 0 Å². The predicted octanol–water partition coefficient (Wildman–Crippen LogP) is 2.67. The summed E-state index contributed by atoms with van der Waals surface area (Å²) in [6, 6.07) is 10.6. The Hall–Kier alpha value is -2.56. The minimum atomic E-state index is 0.655. The summed E-state index contributed by atoms with van der Waals surface area (Å²) in [6.07, 6.45) is 7.24. The summed E-state index contributed by atoms with van der Waals surface area (Å²) < 4.78 is 1.81. The fourth-order valence-corrected chi connectivity index (χ4v) is 2.92. The van der Waals surface area contributed by atoms with Crippen LogP contribution in [0, 0.1) is 0 Å². The smallest absolute Gasteiger partial charge is 0.194 e. The second-order valence-electron chi connectivity index (χ2n) is 5.98. The first-order valence-electron chi connectivity index (χ1n) is 8.51. The van der Waals surface area contributed by atoms with Crippen molar-refractivity contribution in [2.24, 2.45) is 12.0 Å². The summed E-state index contributed by atoms with van der Waals surface area (Å²) in [5, 5.41) is 7.60. The highest BCUT2D eigenvalue weighted by atomic mass is 15.3. The van der Waals surface area contributed by atoms with Crippen LogP contribution in [0.1, 0.15) is 24.5 Å². The number of hydrogen-bond acceptors (Lipinski definition) is 2. The Bertz CT molecular complexity index is 714. The third kappa shape index (κ3) is 4.04. The second-order valence-corrected chi connectivity index (χ2v) is 5.98.